The van der Waals surface area contributed by atoms with Crippen LogP contribution in [0.2, 0.25) is 0 Å². The normalized spacial score (nSPS) is 12.1. The Morgan fingerprint density at radius 1 is 1.10 bits per heavy atom. The number of ether oxygens (including phenoxy) is 2. The van der Waals surface area contributed by atoms with Gasteiger partial charge in [-0.1, -0.05) is 30.3 Å². The van der Waals surface area contributed by atoms with Gasteiger partial charge in [-0.2, -0.15) is 0 Å². The lowest BCUT2D eigenvalue weighted by Crippen LogP contribution is -2.33. The van der Waals surface area contributed by atoms with Crippen molar-refractivity contribution in [2.75, 3.05) is 30.8 Å². The first-order valence-electron chi connectivity index (χ1n) is 9.89. The zero-order chi connectivity index (χ0) is 22.1. The number of hydrogen-bond donors (Lipinski definition) is 1. The largest absolute Gasteiger partial charge is 0.496 e. The SMILES string of the molecule is CCOc1ccccc1N(CCCC(=O)NC(C)c1ccccc1OC)S(C)(=O)=O. The molecule has 0 heterocycles. The summed E-state index contributed by atoms with van der Waals surface area (Å²) in [7, 11) is -1.94. The lowest BCUT2D eigenvalue weighted by molar-refractivity contribution is -0.121. The molecule has 8 heteroatoms. The number of amides is 1. The van der Waals surface area contributed by atoms with Crippen molar-refractivity contribution in [1.29, 1.82) is 0 Å². The molecule has 0 spiro atoms. The van der Waals surface area contributed by atoms with E-state index in [1.807, 2.05) is 38.1 Å². The Labute approximate surface area is 179 Å². The van der Waals surface area contributed by atoms with E-state index in [4.69, 9.17) is 9.47 Å². The molecule has 1 N–H and O–H groups in total. The van der Waals surface area contributed by atoms with E-state index < -0.39 is 10.0 Å². The van der Waals surface area contributed by atoms with Crippen LogP contribution in [0, 0.1) is 0 Å². The van der Waals surface area contributed by atoms with E-state index in [1.165, 1.54) is 4.31 Å². The highest BCUT2D eigenvalue weighted by atomic mass is 32.2. The molecule has 2 rings (SSSR count). The van der Waals surface area contributed by atoms with E-state index in [1.54, 1.807) is 31.4 Å². The van der Waals surface area contributed by atoms with Crippen molar-refractivity contribution in [2.45, 2.75) is 32.7 Å². The molecule has 0 aliphatic rings. The fourth-order valence-electron chi connectivity index (χ4n) is 3.20. The predicted molar refractivity (Wildman–Crippen MR) is 119 cm³/mol. The second kappa shape index (κ2) is 10.9. The van der Waals surface area contributed by atoms with Crippen molar-refractivity contribution >= 4 is 21.6 Å². The third-order valence-corrected chi connectivity index (χ3v) is 5.76. The van der Waals surface area contributed by atoms with Gasteiger partial charge in [0.25, 0.3) is 0 Å². The smallest absolute Gasteiger partial charge is 0.232 e. The first kappa shape index (κ1) is 23.5. The molecule has 0 radical (unpaired) electrons. The van der Waals surface area contributed by atoms with E-state index in [9.17, 15) is 13.2 Å². The van der Waals surface area contributed by atoms with Crippen molar-refractivity contribution < 1.29 is 22.7 Å². The average molecular weight is 435 g/mol. The maximum atomic E-state index is 12.4. The van der Waals surface area contributed by atoms with Gasteiger partial charge in [-0.25, -0.2) is 8.42 Å². The van der Waals surface area contributed by atoms with E-state index in [-0.39, 0.29) is 24.9 Å². The Hall–Kier alpha value is -2.74. The highest BCUT2D eigenvalue weighted by molar-refractivity contribution is 7.92. The van der Waals surface area contributed by atoms with Crippen molar-refractivity contribution in [2.24, 2.45) is 0 Å². The number of para-hydroxylation sites is 3. The molecule has 1 unspecified atom stereocenters. The maximum Gasteiger partial charge on any atom is 0.232 e. The number of benzene rings is 2. The molecule has 0 aliphatic carbocycles. The summed E-state index contributed by atoms with van der Waals surface area (Å²) in [5.41, 5.74) is 1.36. The number of anilines is 1. The molecule has 2 aromatic carbocycles. The quantitative estimate of drug-likeness (QED) is 0.585. The third kappa shape index (κ3) is 6.38. The Bertz CT molecular complexity index is 946. The van der Waals surface area contributed by atoms with Crippen LogP contribution < -0.4 is 19.1 Å². The molecule has 0 aromatic heterocycles. The number of sulfonamides is 1. The molecular formula is C22H30N2O5S. The Morgan fingerprint density at radius 2 is 1.73 bits per heavy atom. The zero-order valence-electron chi connectivity index (χ0n) is 17.9. The van der Waals surface area contributed by atoms with Gasteiger partial charge < -0.3 is 14.8 Å². The first-order valence-corrected chi connectivity index (χ1v) is 11.7. The molecule has 0 bridgehead atoms. The lowest BCUT2D eigenvalue weighted by Gasteiger charge is -2.24. The van der Waals surface area contributed by atoms with Crippen molar-refractivity contribution in [3.63, 3.8) is 0 Å². The van der Waals surface area contributed by atoms with Crippen LogP contribution in [0.1, 0.15) is 38.3 Å². The molecule has 0 saturated carbocycles. The van der Waals surface area contributed by atoms with Gasteiger partial charge in [0, 0.05) is 18.5 Å². The highest BCUT2D eigenvalue weighted by Crippen LogP contribution is 2.30. The number of rotatable bonds is 11. The molecule has 0 fully saturated rings. The minimum absolute atomic E-state index is 0.153. The van der Waals surface area contributed by atoms with Gasteiger partial charge in [-0.3, -0.25) is 9.10 Å². The number of nitrogens with one attached hydrogen (secondary N) is 1. The number of methoxy groups -OCH3 is 1. The van der Waals surface area contributed by atoms with Crippen LogP contribution in [0.25, 0.3) is 0 Å². The van der Waals surface area contributed by atoms with E-state index >= 15 is 0 Å². The van der Waals surface area contributed by atoms with Crippen LogP contribution in [0.15, 0.2) is 48.5 Å². The van der Waals surface area contributed by atoms with Crippen molar-refractivity contribution in [1.82, 2.24) is 5.32 Å². The lowest BCUT2D eigenvalue weighted by atomic mass is 10.1. The Balaban J connectivity index is 2.01. The molecule has 30 heavy (non-hydrogen) atoms. The van der Waals surface area contributed by atoms with Crippen LogP contribution in [0.5, 0.6) is 11.5 Å². The zero-order valence-corrected chi connectivity index (χ0v) is 18.7. The number of hydrogen-bond acceptors (Lipinski definition) is 5. The molecule has 164 valence electrons. The van der Waals surface area contributed by atoms with Gasteiger partial charge in [-0.15, -0.1) is 0 Å². The average Bonchev–Trinajstić information content (AvgIpc) is 2.71. The highest BCUT2D eigenvalue weighted by Gasteiger charge is 2.21. The molecular weight excluding hydrogens is 404 g/mol. The van der Waals surface area contributed by atoms with E-state index in [0.717, 1.165) is 11.8 Å². The summed E-state index contributed by atoms with van der Waals surface area (Å²) in [6, 6.07) is 14.3. The number of nitrogens with zero attached hydrogens (tertiary/aromatic N) is 1. The van der Waals surface area contributed by atoms with Crippen LogP contribution in [0.3, 0.4) is 0 Å². The maximum absolute atomic E-state index is 12.4. The summed E-state index contributed by atoms with van der Waals surface area (Å²) in [6.07, 6.45) is 1.72. The van der Waals surface area contributed by atoms with Crippen LogP contribution >= 0.6 is 0 Å². The second-order valence-corrected chi connectivity index (χ2v) is 8.78. The van der Waals surface area contributed by atoms with Gasteiger partial charge >= 0.3 is 0 Å². The van der Waals surface area contributed by atoms with E-state index in [2.05, 4.69) is 5.32 Å². The minimum Gasteiger partial charge on any atom is -0.496 e. The number of carbonyl (C=O) groups excluding carboxylic acids is 1. The minimum atomic E-state index is -3.53. The molecule has 0 aliphatic heterocycles. The van der Waals surface area contributed by atoms with Crippen LogP contribution in [-0.4, -0.2) is 40.8 Å². The summed E-state index contributed by atoms with van der Waals surface area (Å²) in [5.74, 6) is 1.06. The third-order valence-electron chi connectivity index (χ3n) is 4.58. The standard InChI is InChI=1S/C22H30N2O5S/c1-5-29-21-14-9-7-12-19(21)24(30(4,26)27)16-10-15-22(25)23-17(2)18-11-6-8-13-20(18)28-3/h6-9,11-14,17H,5,10,15-16H2,1-4H3,(H,23,25). The topological polar surface area (TPSA) is 84.9 Å². The summed E-state index contributed by atoms with van der Waals surface area (Å²) >= 11 is 0. The Morgan fingerprint density at radius 3 is 2.37 bits per heavy atom. The van der Waals surface area contributed by atoms with Crippen LogP contribution in [0.4, 0.5) is 5.69 Å². The van der Waals surface area contributed by atoms with Gasteiger partial charge in [-0.05, 0) is 38.5 Å². The number of carbonyl (C=O) groups is 1. The van der Waals surface area contributed by atoms with Crippen LogP contribution in [-0.2, 0) is 14.8 Å². The summed E-state index contributed by atoms with van der Waals surface area (Å²) in [5, 5.41) is 2.94. The summed E-state index contributed by atoms with van der Waals surface area (Å²) in [4.78, 5) is 12.4. The fraction of sp³-hybridized carbons (Fsp3) is 0.409. The molecule has 1 amide bonds. The molecule has 7 nitrogen and oxygen atoms in total. The Kier molecular flexibility index (Phi) is 8.53. The van der Waals surface area contributed by atoms with Gasteiger partial charge in [0.1, 0.15) is 11.5 Å². The first-order chi connectivity index (χ1) is 14.3. The summed E-state index contributed by atoms with van der Waals surface area (Å²) < 4.78 is 36.9. The van der Waals surface area contributed by atoms with Crippen molar-refractivity contribution in [3.05, 3.63) is 54.1 Å². The van der Waals surface area contributed by atoms with Gasteiger partial charge in [0.2, 0.25) is 15.9 Å². The van der Waals surface area contributed by atoms with Gasteiger partial charge in [0.05, 0.1) is 31.7 Å². The molecule has 1 atom stereocenters. The fourth-order valence-corrected chi connectivity index (χ4v) is 4.17. The van der Waals surface area contributed by atoms with E-state index in [0.29, 0.717) is 30.2 Å². The molecule has 2 aromatic rings. The molecule has 0 saturated heterocycles. The van der Waals surface area contributed by atoms with Gasteiger partial charge in [0.15, 0.2) is 0 Å². The summed E-state index contributed by atoms with van der Waals surface area (Å²) in [6.45, 7) is 4.34. The monoisotopic (exact) mass is 434 g/mol. The predicted octanol–water partition coefficient (Wildman–Crippen LogP) is 3.52. The second-order valence-electron chi connectivity index (χ2n) is 6.87. The van der Waals surface area contributed by atoms with Crippen molar-refractivity contribution in [3.8, 4) is 11.5 Å².